The molecule has 2 aromatic carbocycles. The number of nitrogens with zero attached hydrogens (tertiary/aromatic N) is 2. The third kappa shape index (κ3) is 3.24. The number of rotatable bonds is 3. The number of para-hydroxylation sites is 1. The molecule has 6 nitrogen and oxygen atoms in total. The molecule has 0 saturated heterocycles. The van der Waals surface area contributed by atoms with Crippen molar-refractivity contribution in [3.63, 3.8) is 0 Å². The number of aromatic nitrogens is 2. The van der Waals surface area contributed by atoms with E-state index in [0.717, 1.165) is 5.56 Å². The van der Waals surface area contributed by atoms with Crippen LogP contribution in [0.3, 0.4) is 0 Å². The monoisotopic (exact) mass is 280 g/mol. The van der Waals surface area contributed by atoms with Gasteiger partial charge in [-0.25, -0.2) is 4.79 Å². The van der Waals surface area contributed by atoms with Gasteiger partial charge >= 0.3 is 6.03 Å². The molecule has 0 spiro atoms. The predicted molar refractivity (Wildman–Crippen MR) is 78.8 cm³/mol. The van der Waals surface area contributed by atoms with Crippen molar-refractivity contribution in [2.24, 2.45) is 0 Å². The lowest BCUT2D eigenvalue weighted by molar-refractivity contribution is 0.262. The van der Waals surface area contributed by atoms with Gasteiger partial charge in [-0.3, -0.25) is 5.32 Å². The Bertz CT molecular complexity index is 726. The van der Waals surface area contributed by atoms with Gasteiger partial charge < -0.3 is 9.84 Å². The summed E-state index contributed by atoms with van der Waals surface area (Å²) in [5, 5.41) is 8.90. The number of carbonyl (C=O) groups is 1. The average Bonchev–Trinajstić information content (AvgIpc) is 2.97. The normalized spacial score (nSPS) is 10.1. The molecule has 0 bridgehead atoms. The summed E-state index contributed by atoms with van der Waals surface area (Å²) in [6.07, 6.45) is 0. The SMILES string of the molecule is O=C(Nc1ccccc1)Nc1noc(-c2ccccc2)n1. The van der Waals surface area contributed by atoms with Crippen molar-refractivity contribution in [3.05, 3.63) is 60.7 Å². The number of benzene rings is 2. The van der Waals surface area contributed by atoms with Crippen molar-refractivity contribution in [1.29, 1.82) is 0 Å². The fourth-order valence-corrected chi connectivity index (χ4v) is 1.76. The van der Waals surface area contributed by atoms with E-state index < -0.39 is 6.03 Å². The zero-order chi connectivity index (χ0) is 14.5. The molecule has 6 heteroatoms. The number of hydrogen-bond acceptors (Lipinski definition) is 4. The molecule has 0 aliphatic carbocycles. The minimum absolute atomic E-state index is 0.113. The molecule has 0 aliphatic rings. The number of nitrogens with one attached hydrogen (secondary N) is 2. The Balaban J connectivity index is 1.66. The molecule has 0 atom stereocenters. The van der Waals surface area contributed by atoms with Gasteiger partial charge in [-0.1, -0.05) is 36.4 Å². The standard InChI is InChI=1S/C15H12N4O2/c20-15(16-12-9-5-2-6-10-12)18-14-17-13(21-19-14)11-7-3-1-4-8-11/h1-10H,(H2,16,18,19,20). The highest BCUT2D eigenvalue weighted by Crippen LogP contribution is 2.17. The fourth-order valence-electron chi connectivity index (χ4n) is 1.76. The molecule has 21 heavy (non-hydrogen) atoms. The quantitative estimate of drug-likeness (QED) is 0.770. The third-order valence-electron chi connectivity index (χ3n) is 2.70. The van der Waals surface area contributed by atoms with Gasteiger partial charge in [0.25, 0.3) is 11.8 Å². The van der Waals surface area contributed by atoms with Crippen molar-refractivity contribution in [1.82, 2.24) is 10.1 Å². The Kier molecular flexibility index (Phi) is 3.60. The van der Waals surface area contributed by atoms with Crippen molar-refractivity contribution < 1.29 is 9.32 Å². The van der Waals surface area contributed by atoms with Crippen LogP contribution in [0.5, 0.6) is 0 Å². The van der Waals surface area contributed by atoms with E-state index in [-0.39, 0.29) is 5.95 Å². The first-order valence-corrected chi connectivity index (χ1v) is 6.33. The molecule has 1 aromatic heterocycles. The molecule has 0 radical (unpaired) electrons. The van der Waals surface area contributed by atoms with Crippen LogP contribution in [0.1, 0.15) is 0 Å². The lowest BCUT2D eigenvalue weighted by Crippen LogP contribution is -2.20. The molecule has 0 fully saturated rings. The molecule has 2 N–H and O–H groups in total. The summed E-state index contributed by atoms with van der Waals surface area (Å²) in [5.41, 5.74) is 1.48. The number of anilines is 2. The van der Waals surface area contributed by atoms with Crippen molar-refractivity contribution in [3.8, 4) is 11.5 Å². The second kappa shape index (κ2) is 5.87. The fraction of sp³-hybridized carbons (Fsp3) is 0. The zero-order valence-electron chi connectivity index (χ0n) is 11.0. The minimum Gasteiger partial charge on any atom is -0.332 e. The van der Waals surface area contributed by atoms with Crippen LogP contribution in [0.4, 0.5) is 16.4 Å². The number of urea groups is 1. The van der Waals surface area contributed by atoms with Crippen LogP contribution >= 0.6 is 0 Å². The summed E-state index contributed by atoms with van der Waals surface area (Å²) in [6, 6.07) is 18.0. The lowest BCUT2D eigenvalue weighted by atomic mass is 10.2. The van der Waals surface area contributed by atoms with Gasteiger partial charge in [-0.15, -0.1) is 0 Å². The van der Waals surface area contributed by atoms with Crippen molar-refractivity contribution in [2.75, 3.05) is 10.6 Å². The van der Waals surface area contributed by atoms with Crippen molar-refractivity contribution >= 4 is 17.7 Å². The van der Waals surface area contributed by atoms with E-state index in [0.29, 0.717) is 11.6 Å². The summed E-state index contributed by atoms with van der Waals surface area (Å²) < 4.78 is 5.10. The number of amides is 2. The van der Waals surface area contributed by atoms with E-state index in [9.17, 15) is 4.79 Å². The highest BCUT2D eigenvalue weighted by atomic mass is 16.5. The van der Waals surface area contributed by atoms with Gasteiger partial charge in [0.15, 0.2) is 0 Å². The Morgan fingerprint density at radius 1 is 0.905 bits per heavy atom. The van der Waals surface area contributed by atoms with Crippen LogP contribution < -0.4 is 10.6 Å². The van der Waals surface area contributed by atoms with E-state index in [1.54, 1.807) is 12.1 Å². The van der Waals surface area contributed by atoms with Crippen LogP contribution in [0, 0.1) is 0 Å². The first kappa shape index (κ1) is 12.9. The van der Waals surface area contributed by atoms with Crippen molar-refractivity contribution in [2.45, 2.75) is 0 Å². The highest BCUT2D eigenvalue weighted by Gasteiger charge is 2.10. The van der Waals surface area contributed by atoms with E-state index in [2.05, 4.69) is 20.8 Å². The smallest absolute Gasteiger partial charge is 0.326 e. The average molecular weight is 280 g/mol. The highest BCUT2D eigenvalue weighted by molar-refractivity contribution is 5.98. The van der Waals surface area contributed by atoms with Crippen LogP contribution in [0.25, 0.3) is 11.5 Å². The van der Waals surface area contributed by atoms with Gasteiger partial charge in [-0.2, -0.15) is 4.98 Å². The Morgan fingerprint density at radius 2 is 1.57 bits per heavy atom. The molecular weight excluding hydrogens is 268 g/mol. The Labute approximate surface area is 120 Å². The van der Waals surface area contributed by atoms with Gasteiger partial charge in [0.1, 0.15) is 0 Å². The molecule has 0 unspecified atom stereocenters. The number of hydrogen-bond donors (Lipinski definition) is 2. The van der Waals surface area contributed by atoms with Gasteiger partial charge in [-0.05, 0) is 29.4 Å². The van der Waals surface area contributed by atoms with E-state index in [1.807, 2.05) is 48.5 Å². The summed E-state index contributed by atoms with van der Waals surface area (Å²) in [7, 11) is 0. The van der Waals surface area contributed by atoms with Gasteiger partial charge in [0.05, 0.1) is 0 Å². The summed E-state index contributed by atoms with van der Waals surface area (Å²) in [6.45, 7) is 0. The first-order chi connectivity index (χ1) is 10.3. The van der Waals surface area contributed by atoms with E-state index >= 15 is 0 Å². The predicted octanol–water partition coefficient (Wildman–Crippen LogP) is 3.38. The van der Waals surface area contributed by atoms with Crippen LogP contribution in [0.2, 0.25) is 0 Å². The molecule has 3 aromatic rings. The molecule has 3 rings (SSSR count). The molecule has 0 saturated carbocycles. The first-order valence-electron chi connectivity index (χ1n) is 6.33. The zero-order valence-corrected chi connectivity index (χ0v) is 11.0. The molecule has 2 amide bonds. The van der Waals surface area contributed by atoms with E-state index in [4.69, 9.17) is 4.52 Å². The van der Waals surface area contributed by atoms with Crippen LogP contribution in [0.15, 0.2) is 65.2 Å². The molecule has 104 valence electrons. The van der Waals surface area contributed by atoms with Crippen LogP contribution in [-0.4, -0.2) is 16.2 Å². The lowest BCUT2D eigenvalue weighted by Gasteiger charge is -2.03. The molecule has 0 aliphatic heterocycles. The summed E-state index contributed by atoms with van der Waals surface area (Å²) >= 11 is 0. The maximum Gasteiger partial charge on any atom is 0.326 e. The Hall–Kier alpha value is -3.15. The van der Waals surface area contributed by atoms with Gasteiger partial charge in [0.2, 0.25) is 0 Å². The van der Waals surface area contributed by atoms with E-state index in [1.165, 1.54) is 0 Å². The topological polar surface area (TPSA) is 80.0 Å². The largest absolute Gasteiger partial charge is 0.332 e. The summed E-state index contributed by atoms with van der Waals surface area (Å²) in [4.78, 5) is 15.9. The maximum atomic E-state index is 11.8. The Morgan fingerprint density at radius 3 is 2.29 bits per heavy atom. The molecule has 1 heterocycles. The van der Waals surface area contributed by atoms with Crippen LogP contribution in [-0.2, 0) is 0 Å². The third-order valence-corrected chi connectivity index (χ3v) is 2.70. The second-order valence-electron chi connectivity index (χ2n) is 4.23. The second-order valence-corrected chi connectivity index (χ2v) is 4.23. The molecular formula is C15H12N4O2. The summed E-state index contributed by atoms with van der Waals surface area (Å²) in [5.74, 6) is 0.466. The number of carbonyl (C=O) groups excluding carboxylic acids is 1. The maximum absolute atomic E-state index is 11.8. The minimum atomic E-state index is -0.429. The van der Waals surface area contributed by atoms with Gasteiger partial charge in [0, 0.05) is 11.3 Å².